The van der Waals surface area contributed by atoms with Crippen LogP contribution >= 0.6 is 11.5 Å². The van der Waals surface area contributed by atoms with Crippen molar-refractivity contribution >= 4 is 11.5 Å². The summed E-state index contributed by atoms with van der Waals surface area (Å²) in [5.41, 5.74) is 0. The fourth-order valence-corrected chi connectivity index (χ4v) is 2.52. The van der Waals surface area contributed by atoms with Crippen molar-refractivity contribution in [2.24, 2.45) is 0 Å². The Balaban J connectivity index is 1.90. The lowest BCUT2D eigenvalue weighted by molar-refractivity contribution is 0.509. The van der Waals surface area contributed by atoms with E-state index in [0.29, 0.717) is 12.0 Å². The van der Waals surface area contributed by atoms with Gasteiger partial charge in [-0.15, -0.1) is 0 Å². The van der Waals surface area contributed by atoms with Gasteiger partial charge in [0.25, 0.3) is 0 Å². The first-order chi connectivity index (χ1) is 7.33. The molecule has 0 aromatic carbocycles. The van der Waals surface area contributed by atoms with Gasteiger partial charge in [-0.2, -0.15) is 4.37 Å². The number of rotatable bonds is 6. The third kappa shape index (κ3) is 2.98. The van der Waals surface area contributed by atoms with Gasteiger partial charge >= 0.3 is 0 Å². The summed E-state index contributed by atoms with van der Waals surface area (Å²) < 4.78 is 4.43. The summed E-state index contributed by atoms with van der Waals surface area (Å²) in [5, 5.41) is 4.67. The van der Waals surface area contributed by atoms with Crippen LogP contribution in [-0.2, 0) is 6.42 Å². The molecule has 1 aromatic rings. The van der Waals surface area contributed by atoms with E-state index in [1.807, 2.05) is 0 Å². The van der Waals surface area contributed by atoms with Crippen LogP contribution in [0.4, 0.5) is 0 Å². The highest BCUT2D eigenvalue weighted by Gasteiger charge is 2.27. The molecule has 0 radical (unpaired) electrons. The summed E-state index contributed by atoms with van der Waals surface area (Å²) in [5.74, 6) is 1.79. The summed E-state index contributed by atoms with van der Waals surface area (Å²) in [7, 11) is 0. The number of aromatic nitrogens is 2. The van der Waals surface area contributed by atoms with E-state index in [0.717, 1.165) is 25.2 Å². The smallest absolute Gasteiger partial charge is 0.145 e. The van der Waals surface area contributed by atoms with Crippen molar-refractivity contribution in [3.05, 3.63) is 10.8 Å². The van der Waals surface area contributed by atoms with Crippen LogP contribution in [0, 0.1) is 0 Å². The van der Waals surface area contributed by atoms with Crippen molar-refractivity contribution in [1.29, 1.82) is 0 Å². The van der Waals surface area contributed by atoms with Gasteiger partial charge in [-0.05, 0) is 37.3 Å². The van der Waals surface area contributed by atoms with Crippen LogP contribution in [0.1, 0.15) is 49.9 Å². The first-order valence-corrected chi connectivity index (χ1v) is 6.66. The zero-order chi connectivity index (χ0) is 10.7. The predicted molar refractivity (Wildman–Crippen MR) is 63.3 cm³/mol. The van der Waals surface area contributed by atoms with Gasteiger partial charge < -0.3 is 5.32 Å². The summed E-state index contributed by atoms with van der Waals surface area (Å²) in [6, 6.07) is 0.565. The maximum Gasteiger partial charge on any atom is 0.145 e. The lowest BCUT2D eigenvalue weighted by atomic mass is 10.1. The molecule has 15 heavy (non-hydrogen) atoms. The van der Waals surface area contributed by atoms with Crippen molar-refractivity contribution in [1.82, 2.24) is 14.7 Å². The summed E-state index contributed by atoms with van der Waals surface area (Å²) in [6.07, 6.45) is 4.78. The lowest BCUT2D eigenvalue weighted by Gasteiger charge is -2.13. The average molecular weight is 225 g/mol. The molecule has 1 fully saturated rings. The molecule has 4 heteroatoms. The largest absolute Gasteiger partial charge is 0.314 e. The van der Waals surface area contributed by atoms with Crippen LogP contribution in [0.5, 0.6) is 0 Å². The van der Waals surface area contributed by atoms with E-state index in [2.05, 4.69) is 28.5 Å². The second-order valence-electron chi connectivity index (χ2n) is 4.19. The molecule has 1 aromatic heterocycles. The van der Waals surface area contributed by atoms with Gasteiger partial charge in [-0.25, -0.2) is 4.98 Å². The highest BCUT2D eigenvalue weighted by Crippen LogP contribution is 2.38. The Bertz CT molecular complexity index is 307. The summed E-state index contributed by atoms with van der Waals surface area (Å²) >= 11 is 1.59. The SMILES string of the molecule is CCNC(CC)Cc1nc(C2CC2)ns1. The Kier molecular flexibility index (Phi) is 3.70. The molecule has 1 aliphatic carbocycles. The van der Waals surface area contributed by atoms with Crippen LogP contribution in [0.15, 0.2) is 0 Å². The van der Waals surface area contributed by atoms with Gasteiger partial charge in [-0.3, -0.25) is 0 Å². The molecular formula is C11H19N3S. The quantitative estimate of drug-likeness (QED) is 0.807. The number of nitrogens with zero attached hydrogens (tertiary/aromatic N) is 2. The zero-order valence-corrected chi connectivity index (χ0v) is 10.3. The zero-order valence-electron chi connectivity index (χ0n) is 9.49. The van der Waals surface area contributed by atoms with E-state index in [1.165, 1.54) is 17.8 Å². The van der Waals surface area contributed by atoms with E-state index >= 15 is 0 Å². The number of hydrogen-bond donors (Lipinski definition) is 1. The first kappa shape index (κ1) is 11.0. The molecule has 84 valence electrons. The van der Waals surface area contributed by atoms with Crippen molar-refractivity contribution in [3.63, 3.8) is 0 Å². The molecule has 0 bridgehead atoms. The molecule has 1 saturated carbocycles. The molecule has 1 aliphatic rings. The summed E-state index contributed by atoms with van der Waals surface area (Å²) in [6.45, 7) is 5.40. The van der Waals surface area contributed by atoms with Gasteiger partial charge in [0.2, 0.25) is 0 Å². The van der Waals surface area contributed by atoms with Crippen molar-refractivity contribution in [2.45, 2.75) is 51.5 Å². The number of likely N-dealkylation sites (N-methyl/N-ethyl adjacent to an activating group) is 1. The molecule has 1 atom stereocenters. The molecule has 0 saturated heterocycles. The maximum atomic E-state index is 4.61. The van der Waals surface area contributed by atoms with E-state index in [4.69, 9.17) is 0 Å². The van der Waals surface area contributed by atoms with Crippen molar-refractivity contribution < 1.29 is 0 Å². The van der Waals surface area contributed by atoms with E-state index < -0.39 is 0 Å². The molecular weight excluding hydrogens is 206 g/mol. The van der Waals surface area contributed by atoms with Gasteiger partial charge in [-0.1, -0.05) is 13.8 Å². The highest BCUT2D eigenvalue weighted by atomic mass is 32.1. The van der Waals surface area contributed by atoms with E-state index in [9.17, 15) is 0 Å². The fourth-order valence-electron chi connectivity index (χ4n) is 1.72. The number of hydrogen-bond acceptors (Lipinski definition) is 4. The maximum absolute atomic E-state index is 4.61. The predicted octanol–water partition coefficient (Wildman–Crippen LogP) is 2.35. The second-order valence-corrected chi connectivity index (χ2v) is 5.02. The van der Waals surface area contributed by atoms with Gasteiger partial charge in [0, 0.05) is 18.4 Å². The topological polar surface area (TPSA) is 37.8 Å². The lowest BCUT2D eigenvalue weighted by Crippen LogP contribution is -2.30. The minimum Gasteiger partial charge on any atom is -0.314 e. The van der Waals surface area contributed by atoms with Crippen LogP contribution in [0.25, 0.3) is 0 Å². The minimum absolute atomic E-state index is 0.565. The van der Waals surface area contributed by atoms with E-state index in [-0.39, 0.29) is 0 Å². The van der Waals surface area contributed by atoms with Crippen molar-refractivity contribution in [3.8, 4) is 0 Å². The highest BCUT2D eigenvalue weighted by molar-refractivity contribution is 7.05. The molecule has 3 nitrogen and oxygen atoms in total. The average Bonchev–Trinajstić information content (AvgIpc) is 2.99. The Morgan fingerprint density at radius 1 is 1.47 bits per heavy atom. The Morgan fingerprint density at radius 3 is 2.87 bits per heavy atom. The Labute approximate surface area is 95.5 Å². The van der Waals surface area contributed by atoms with Crippen LogP contribution < -0.4 is 5.32 Å². The third-order valence-electron chi connectivity index (χ3n) is 2.83. The molecule has 1 N–H and O–H groups in total. The molecule has 0 spiro atoms. The van der Waals surface area contributed by atoms with E-state index in [1.54, 1.807) is 11.5 Å². The second kappa shape index (κ2) is 5.03. The molecule has 1 heterocycles. The first-order valence-electron chi connectivity index (χ1n) is 5.89. The normalized spacial score (nSPS) is 18.0. The standard InChI is InChI=1S/C11H19N3S/c1-3-9(12-4-2)7-10-13-11(14-15-10)8-5-6-8/h8-9,12H,3-7H2,1-2H3. The minimum atomic E-state index is 0.565. The fraction of sp³-hybridized carbons (Fsp3) is 0.818. The molecule has 1 unspecified atom stereocenters. The molecule has 0 aliphatic heterocycles. The summed E-state index contributed by atoms with van der Waals surface area (Å²) in [4.78, 5) is 4.61. The number of nitrogens with one attached hydrogen (secondary N) is 1. The monoisotopic (exact) mass is 225 g/mol. The van der Waals surface area contributed by atoms with Crippen molar-refractivity contribution in [2.75, 3.05) is 6.54 Å². The van der Waals surface area contributed by atoms with Gasteiger partial charge in [0.1, 0.15) is 10.8 Å². The third-order valence-corrected chi connectivity index (χ3v) is 3.58. The molecule has 0 amide bonds. The Hall–Kier alpha value is -0.480. The van der Waals surface area contributed by atoms with Gasteiger partial charge in [0.05, 0.1) is 0 Å². The van der Waals surface area contributed by atoms with Gasteiger partial charge in [0.15, 0.2) is 0 Å². The Morgan fingerprint density at radius 2 is 2.27 bits per heavy atom. The molecule has 2 rings (SSSR count). The van der Waals surface area contributed by atoms with Crippen LogP contribution in [0.3, 0.4) is 0 Å². The van der Waals surface area contributed by atoms with Crippen LogP contribution in [0.2, 0.25) is 0 Å². The van der Waals surface area contributed by atoms with Crippen LogP contribution in [-0.4, -0.2) is 21.9 Å².